The number of carbonyl (C=O) groups is 1. The van der Waals surface area contributed by atoms with Crippen molar-refractivity contribution in [1.82, 2.24) is 4.98 Å². The molecule has 1 heterocycles. The fourth-order valence-electron chi connectivity index (χ4n) is 2.14. The summed E-state index contributed by atoms with van der Waals surface area (Å²) in [7, 11) is 0. The van der Waals surface area contributed by atoms with Crippen molar-refractivity contribution < 1.29 is 4.79 Å². The fraction of sp³-hybridized carbons (Fsp3) is 0.375. The quantitative estimate of drug-likeness (QED) is 0.854. The summed E-state index contributed by atoms with van der Waals surface area (Å²) >= 11 is 1.62. The van der Waals surface area contributed by atoms with Gasteiger partial charge in [0.15, 0.2) is 0 Å². The first-order chi connectivity index (χ1) is 9.45. The predicted octanol–water partition coefficient (Wildman–Crippen LogP) is 3.65. The number of hydrogen-bond acceptors (Lipinski definition) is 4. The molecule has 0 aliphatic rings. The van der Waals surface area contributed by atoms with Crippen LogP contribution in [-0.2, 0) is 11.2 Å². The number of nitrogens with zero attached hydrogens (tertiary/aromatic N) is 1. The Kier molecular flexibility index (Phi) is 4.55. The third kappa shape index (κ3) is 3.67. The highest BCUT2D eigenvalue weighted by Gasteiger charge is 2.14. The van der Waals surface area contributed by atoms with Gasteiger partial charge in [0.1, 0.15) is 10.8 Å². The number of benzene rings is 1. The van der Waals surface area contributed by atoms with Crippen molar-refractivity contribution in [1.29, 1.82) is 0 Å². The maximum absolute atomic E-state index is 12.1. The third-order valence-corrected chi connectivity index (χ3v) is 4.53. The monoisotopic (exact) mass is 288 g/mol. The molecule has 20 heavy (non-hydrogen) atoms. The van der Waals surface area contributed by atoms with Gasteiger partial charge in [-0.05, 0) is 37.5 Å². The summed E-state index contributed by atoms with van der Waals surface area (Å²) in [6.07, 6.45) is 0.986. The normalized spacial score (nSPS) is 12.3. The van der Waals surface area contributed by atoms with Crippen LogP contribution in [0.2, 0.25) is 0 Å². The van der Waals surface area contributed by atoms with Crippen LogP contribution in [0.15, 0.2) is 24.3 Å². The zero-order valence-electron chi connectivity index (χ0n) is 12.1. The van der Waals surface area contributed by atoms with Crippen molar-refractivity contribution in [2.45, 2.75) is 39.5 Å². The summed E-state index contributed by atoms with van der Waals surface area (Å²) in [6, 6.07) is 7.74. The van der Waals surface area contributed by atoms with E-state index in [-0.39, 0.29) is 11.7 Å². The smallest absolute Gasteiger partial charge is 0.140 e. The lowest BCUT2D eigenvalue weighted by Gasteiger charge is -2.10. The second kappa shape index (κ2) is 6.18. The van der Waals surface area contributed by atoms with Gasteiger partial charge < -0.3 is 5.73 Å². The number of hydrogen-bond donors (Lipinski definition) is 1. The van der Waals surface area contributed by atoms with E-state index in [4.69, 9.17) is 5.73 Å². The Morgan fingerprint density at radius 1 is 1.30 bits per heavy atom. The lowest BCUT2D eigenvalue weighted by atomic mass is 9.95. The zero-order valence-corrected chi connectivity index (χ0v) is 13.0. The number of thiazole rings is 1. The van der Waals surface area contributed by atoms with E-state index in [1.165, 1.54) is 4.88 Å². The molecule has 0 amide bonds. The van der Waals surface area contributed by atoms with Gasteiger partial charge >= 0.3 is 0 Å². The van der Waals surface area contributed by atoms with Gasteiger partial charge in [-0.15, -0.1) is 11.3 Å². The lowest BCUT2D eigenvalue weighted by Crippen LogP contribution is -2.07. The number of rotatable bonds is 5. The van der Waals surface area contributed by atoms with E-state index in [0.29, 0.717) is 12.8 Å². The van der Waals surface area contributed by atoms with E-state index < -0.39 is 0 Å². The highest BCUT2D eigenvalue weighted by atomic mass is 32.1. The molecule has 4 heteroatoms. The average Bonchev–Trinajstić information content (AvgIpc) is 2.68. The first kappa shape index (κ1) is 14.7. The minimum atomic E-state index is 0.213. The van der Waals surface area contributed by atoms with Crippen LogP contribution in [0.1, 0.15) is 40.4 Å². The molecule has 1 aromatic heterocycles. The molecule has 0 saturated heterocycles. The van der Waals surface area contributed by atoms with Gasteiger partial charge in [0, 0.05) is 17.0 Å². The standard InChI is InChI=1S/C16H20N2OS/c1-10(13-4-6-14(17)7-5-13)8-15(19)9-16-18-11(2)12(3)20-16/h4-7,10H,8-9,17H2,1-3H3. The van der Waals surface area contributed by atoms with Crippen LogP contribution >= 0.6 is 11.3 Å². The van der Waals surface area contributed by atoms with Crippen LogP contribution in [-0.4, -0.2) is 10.8 Å². The Bertz CT molecular complexity index is 582. The molecular weight excluding hydrogens is 268 g/mol. The van der Waals surface area contributed by atoms with E-state index in [0.717, 1.165) is 22.0 Å². The summed E-state index contributed by atoms with van der Waals surface area (Å²) in [6.45, 7) is 6.09. The maximum Gasteiger partial charge on any atom is 0.140 e. The molecular formula is C16H20N2OS. The molecule has 1 unspecified atom stereocenters. The van der Waals surface area contributed by atoms with Crippen LogP contribution in [0, 0.1) is 13.8 Å². The zero-order chi connectivity index (χ0) is 14.7. The molecule has 2 N–H and O–H groups in total. The highest BCUT2D eigenvalue weighted by molar-refractivity contribution is 7.11. The molecule has 0 aliphatic heterocycles. The fourth-order valence-corrected chi connectivity index (χ4v) is 3.10. The van der Waals surface area contributed by atoms with E-state index >= 15 is 0 Å². The molecule has 0 saturated carbocycles. The number of ketones is 1. The Morgan fingerprint density at radius 3 is 2.50 bits per heavy atom. The summed E-state index contributed by atoms with van der Waals surface area (Å²) in [4.78, 5) is 17.7. The van der Waals surface area contributed by atoms with Crippen molar-refractivity contribution >= 4 is 22.8 Å². The number of nitrogen functional groups attached to an aromatic ring is 1. The summed E-state index contributed by atoms with van der Waals surface area (Å²) in [5.74, 6) is 0.452. The molecule has 0 spiro atoms. The van der Waals surface area contributed by atoms with Gasteiger partial charge in [0.2, 0.25) is 0 Å². The number of anilines is 1. The molecule has 2 aromatic rings. The van der Waals surface area contributed by atoms with E-state index in [1.807, 2.05) is 38.1 Å². The Labute approximate surface area is 123 Å². The molecule has 1 atom stereocenters. The van der Waals surface area contributed by atoms with Crippen molar-refractivity contribution in [3.8, 4) is 0 Å². The van der Waals surface area contributed by atoms with Crippen LogP contribution in [0.5, 0.6) is 0 Å². The molecule has 0 fully saturated rings. The molecule has 0 aliphatic carbocycles. The van der Waals surface area contributed by atoms with Crippen molar-refractivity contribution in [3.63, 3.8) is 0 Å². The van der Waals surface area contributed by atoms with Crippen molar-refractivity contribution in [2.75, 3.05) is 5.73 Å². The topological polar surface area (TPSA) is 56.0 Å². The second-order valence-corrected chi connectivity index (χ2v) is 6.52. The maximum atomic E-state index is 12.1. The number of aromatic nitrogens is 1. The first-order valence-electron chi connectivity index (χ1n) is 6.75. The average molecular weight is 288 g/mol. The number of carbonyl (C=O) groups excluding carboxylic acids is 1. The van der Waals surface area contributed by atoms with E-state index in [1.54, 1.807) is 11.3 Å². The summed E-state index contributed by atoms with van der Waals surface area (Å²) < 4.78 is 0. The Balaban J connectivity index is 1.95. The predicted molar refractivity (Wildman–Crippen MR) is 84.2 cm³/mol. The van der Waals surface area contributed by atoms with Crippen LogP contribution in [0.4, 0.5) is 5.69 Å². The van der Waals surface area contributed by atoms with Gasteiger partial charge in [0.05, 0.1) is 12.1 Å². The number of aryl methyl sites for hydroxylation is 2. The van der Waals surface area contributed by atoms with Crippen molar-refractivity contribution in [3.05, 3.63) is 45.4 Å². The van der Waals surface area contributed by atoms with Gasteiger partial charge in [-0.25, -0.2) is 4.98 Å². The van der Waals surface area contributed by atoms with Crippen LogP contribution in [0.25, 0.3) is 0 Å². The molecule has 2 rings (SSSR count). The molecule has 1 aromatic carbocycles. The first-order valence-corrected chi connectivity index (χ1v) is 7.57. The van der Waals surface area contributed by atoms with Gasteiger partial charge in [-0.1, -0.05) is 19.1 Å². The minimum absolute atomic E-state index is 0.213. The Morgan fingerprint density at radius 2 is 1.95 bits per heavy atom. The van der Waals surface area contributed by atoms with Gasteiger partial charge in [-0.3, -0.25) is 4.79 Å². The summed E-state index contributed by atoms with van der Waals surface area (Å²) in [5, 5.41) is 0.925. The minimum Gasteiger partial charge on any atom is -0.399 e. The lowest BCUT2D eigenvalue weighted by molar-refractivity contribution is -0.118. The van der Waals surface area contributed by atoms with E-state index in [9.17, 15) is 4.79 Å². The van der Waals surface area contributed by atoms with E-state index in [2.05, 4.69) is 11.9 Å². The van der Waals surface area contributed by atoms with Gasteiger partial charge in [0.25, 0.3) is 0 Å². The molecule has 0 bridgehead atoms. The molecule has 106 valence electrons. The Hall–Kier alpha value is -1.68. The van der Waals surface area contributed by atoms with Crippen molar-refractivity contribution in [2.24, 2.45) is 0 Å². The van der Waals surface area contributed by atoms with Crippen LogP contribution in [0.3, 0.4) is 0 Å². The van der Waals surface area contributed by atoms with Gasteiger partial charge in [-0.2, -0.15) is 0 Å². The third-order valence-electron chi connectivity index (χ3n) is 3.46. The SMILES string of the molecule is Cc1nc(CC(=O)CC(C)c2ccc(N)cc2)sc1C. The molecule has 0 radical (unpaired) electrons. The molecule has 3 nitrogen and oxygen atoms in total. The highest BCUT2D eigenvalue weighted by Crippen LogP contribution is 2.22. The number of Topliss-reactive ketones (excluding diaryl/α,β-unsaturated/α-hetero) is 1. The van der Waals surface area contributed by atoms with Crippen LogP contribution < -0.4 is 5.73 Å². The summed E-state index contributed by atoms with van der Waals surface area (Å²) in [5.41, 5.74) is 8.61. The largest absolute Gasteiger partial charge is 0.399 e. The second-order valence-electron chi connectivity index (χ2n) is 5.24. The number of nitrogens with two attached hydrogens (primary N) is 1.